The molecule has 1 saturated heterocycles. The number of unbranched alkanes of at least 4 members (excludes halogenated alkanes) is 6. The molecule has 0 amide bonds. The SMILES string of the molecule is CC(=O)/C=C/CCCCCCCCC1OCCO1. The average molecular weight is 254 g/mol. The van der Waals surface area contributed by atoms with Crippen LogP contribution in [0.15, 0.2) is 12.2 Å². The summed E-state index contributed by atoms with van der Waals surface area (Å²) in [6.45, 7) is 3.12. The van der Waals surface area contributed by atoms with Crippen molar-refractivity contribution in [1.82, 2.24) is 0 Å². The van der Waals surface area contributed by atoms with E-state index in [1.165, 1.54) is 38.5 Å². The zero-order chi connectivity index (χ0) is 13.1. The van der Waals surface area contributed by atoms with Crippen molar-refractivity contribution in [3.05, 3.63) is 12.2 Å². The molecule has 0 aromatic heterocycles. The van der Waals surface area contributed by atoms with Crippen molar-refractivity contribution < 1.29 is 14.3 Å². The van der Waals surface area contributed by atoms with Crippen LogP contribution in [-0.4, -0.2) is 25.3 Å². The van der Waals surface area contributed by atoms with E-state index < -0.39 is 0 Å². The summed E-state index contributed by atoms with van der Waals surface area (Å²) in [5.41, 5.74) is 0. The van der Waals surface area contributed by atoms with E-state index in [1.807, 2.05) is 6.08 Å². The van der Waals surface area contributed by atoms with Crippen LogP contribution in [0.5, 0.6) is 0 Å². The van der Waals surface area contributed by atoms with Crippen LogP contribution in [0.2, 0.25) is 0 Å². The van der Waals surface area contributed by atoms with Gasteiger partial charge in [0, 0.05) is 0 Å². The molecule has 3 nitrogen and oxygen atoms in total. The topological polar surface area (TPSA) is 35.5 Å². The minimum Gasteiger partial charge on any atom is -0.350 e. The Hall–Kier alpha value is -0.670. The first-order valence-corrected chi connectivity index (χ1v) is 7.19. The van der Waals surface area contributed by atoms with Crippen LogP contribution in [-0.2, 0) is 14.3 Å². The van der Waals surface area contributed by atoms with E-state index in [0.29, 0.717) is 0 Å². The highest BCUT2D eigenvalue weighted by molar-refractivity contribution is 5.87. The van der Waals surface area contributed by atoms with Crippen LogP contribution < -0.4 is 0 Å². The van der Waals surface area contributed by atoms with Gasteiger partial charge in [-0.05, 0) is 38.7 Å². The largest absolute Gasteiger partial charge is 0.350 e. The summed E-state index contributed by atoms with van der Waals surface area (Å²) in [5.74, 6) is 0.145. The van der Waals surface area contributed by atoms with Gasteiger partial charge in [0.1, 0.15) is 0 Å². The van der Waals surface area contributed by atoms with Gasteiger partial charge in [0.25, 0.3) is 0 Å². The Balaban J connectivity index is 1.77. The first kappa shape index (κ1) is 15.4. The number of carbonyl (C=O) groups is 1. The number of hydrogen-bond donors (Lipinski definition) is 0. The summed E-state index contributed by atoms with van der Waals surface area (Å²) in [6.07, 6.45) is 13.3. The fraction of sp³-hybridized carbons (Fsp3) is 0.800. The number of allylic oxidation sites excluding steroid dienone is 2. The quantitative estimate of drug-likeness (QED) is 0.441. The van der Waals surface area contributed by atoms with Gasteiger partial charge in [0.15, 0.2) is 12.1 Å². The lowest BCUT2D eigenvalue weighted by Crippen LogP contribution is -2.06. The Kier molecular flexibility index (Phi) is 8.78. The average Bonchev–Trinajstić information content (AvgIpc) is 2.84. The maximum Gasteiger partial charge on any atom is 0.157 e. The van der Waals surface area contributed by atoms with E-state index in [4.69, 9.17) is 9.47 Å². The van der Waals surface area contributed by atoms with Gasteiger partial charge in [-0.25, -0.2) is 0 Å². The van der Waals surface area contributed by atoms with Crippen LogP contribution in [0, 0.1) is 0 Å². The molecule has 0 bridgehead atoms. The third kappa shape index (κ3) is 8.43. The van der Waals surface area contributed by atoms with Crippen LogP contribution in [0.4, 0.5) is 0 Å². The first-order valence-electron chi connectivity index (χ1n) is 7.19. The molecule has 0 N–H and O–H groups in total. The summed E-state index contributed by atoms with van der Waals surface area (Å²) in [4.78, 5) is 10.7. The predicted molar refractivity (Wildman–Crippen MR) is 72.4 cm³/mol. The van der Waals surface area contributed by atoms with Crippen molar-refractivity contribution >= 4 is 5.78 Å². The van der Waals surface area contributed by atoms with Gasteiger partial charge < -0.3 is 9.47 Å². The number of carbonyl (C=O) groups excluding carboxylic acids is 1. The van der Waals surface area contributed by atoms with Gasteiger partial charge in [0.2, 0.25) is 0 Å². The molecule has 104 valence electrons. The third-order valence-electron chi connectivity index (χ3n) is 3.10. The first-order chi connectivity index (χ1) is 8.79. The summed E-state index contributed by atoms with van der Waals surface area (Å²) in [7, 11) is 0. The van der Waals surface area contributed by atoms with Crippen molar-refractivity contribution in [3.63, 3.8) is 0 Å². The second-order valence-corrected chi connectivity index (χ2v) is 4.88. The summed E-state index contributed by atoms with van der Waals surface area (Å²) in [5, 5.41) is 0. The normalized spacial score (nSPS) is 16.7. The fourth-order valence-electron chi connectivity index (χ4n) is 2.10. The minimum atomic E-state index is 0.0710. The smallest absolute Gasteiger partial charge is 0.157 e. The van der Waals surface area contributed by atoms with Gasteiger partial charge in [-0.3, -0.25) is 4.79 Å². The standard InChI is InChI=1S/C15H26O3/c1-14(16)10-8-6-4-2-3-5-7-9-11-15-17-12-13-18-15/h8,10,15H,2-7,9,11-13H2,1H3/b10-8+. The lowest BCUT2D eigenvalue weighted by molar-refractivity contribution is -0.112. The minimum absolute atomic E-state index is 0.0710. The van der Waals surface area contributed by atoms with E-state index in [-0.39, 0.29) is 12.1 Å². The predicted octanol–water partition coefficient (Wildman–Crippen LogP) is 3.63. The van der Waals surface area contributed by atoms with Gasteiger partial charge >= 0.3 is 0 Å². The van der Waals surface area contributed by atoms with Crippen LogP contribution in [0.1, 0.15) is 58.3 Å². The molecule has 1 aliphatic rings. The monoisotopic (exact) mass is 254 g/mol. The Morgan fingerprint density at radius 1 is 1.06 bits per heavy atom. The lowest BCUT2D eigenvalue weighted by atomic mass is 10.1. The molecule has 0 spiro atoms. The maximum atomic E-state index is 10.7. The molecule has 0 aromatic rings. The zero-order valence-electron chi connectivity index (χ0n) is 11.5. The highest BCUT2D eigenvalue weighted by Gasteiger charge is 2.14. The molecule has 0 unspecified atom stereocenters. The van der Waals surface area contributed by atoms with Crippen molar-refractivity contribution in [1.29, 1.82) is 0 Å². The number of hydrogen-bond acceptors (Lipinski definition) is 3. The Labute approximate surface area is 111 Å². The van der Waals surface area contributed by atoms with Crippen LogP contribution in [0.25, 0.3) is 0 Å². The molecule has 0 aliphatic carbocycles. The fourth-order valence-corrected chi connectivity index (χ4v) is 2.10. The van der Waals surface area contributed by atoms with Gasteiger partial charge in [-0.15, -0.1) is 0 Å². The summed E-state index contributed by atoms with van der Waals surface area (Å²) < 4.78 is 10.8. The van der Waals surface area contributed by atoms with Crippen LogP contribution >= 0.6 is 0 Å². The Morgan fingerprint density at radius 3 is 2.33 bits per heavy atom. The second kappa shape index (κ2) is 10.3. The van der Waals surface area contributed by atoms with Crippen molar-refractivity contribution in [2.24, 2.45) is 0 Å². The van der Waals surface area contributed by atoms with E-state index in [9.17, 15) is 4.79 Å². The van der Waals surface area contributed by atoms with Crippen molar-refractivity contribution in [2.75, 3.05) is 13.2 Å². The van der Waals surface area contributed by atoms with E-state index in [0.717, 1.165) is 26.1 Å². The molecule has 3 heteroatoms. The number of ketones is 1. The van der Waals surface area contributed by atoms with Gasteiger partial charge in [-0.2, -0.15) is 0 Å². The third-order valence-corrected chi connectivity index (χ3v) is 3.10. The molecular formula is C15H26O3. The van der Waals surface area contributed by atoms with Gasteiger partial charge in [-0.1, -0.05) is 31.8 Å². The summed E-state index contributed by atoms with van der Waals surface area (Å²) >= 11 is 0. The molecule has 1 heterocycles. The molecule has 0 atom stereocenters. The molecule has 18 heavy (non-hydrogen) atoms. The zero-order valence-corrected chi connectivity index (χ0v) is 11.5. The summed E-state index contributed by atoms with van der Waals surface area (Å²) in [6, 6.07) is 0. The maximum absolute atomic E-state index is 10.7. The number of rotatable bonds is 10. The molecular weight excluding hydrogens is 228 g/mol. The van der Waals surface area contributed by atoms with E-state index in [1.54, 1.807) is 13.0 Å². The van der Waals surface area contributed by atoms with Gasteiger partial charge in [0.05, 0.1) is 13.2 Å². The molecule has 1 rings (SSSR count). The highest BCUT2D eigenvalue weighted by Crippen LogP contribution is 2.14. The highest BCUT2D eigenvalue weighted by atomic mass is 16.7. The molecule has 0 aromatic carbocycles. The molecule has 1 aliphatic heterocycles. The van der Waals surface area contributed by atoms with Crippen LogP contribution in [0.3, 0.4) is 0 Å². The molecule has 1 fully saturated rings. The lowest BCUT2D eigenvalue weighted by Gasteiger charge is -2.07. The Morgan fingerprint density at radius 2 is 1.67 bits per heavy atom. The van der Waals surface area contributed by atoms with Crippen molar-refractivity contribution in [3.8, 4) is 0 Å². The Bertz CT molecular complexity index is 242. The van der Waals surface area contributed by atoms with E-state index >= 15 is 0 Å². The second-order valence-electron chi connectivity index (χ2n) is 4.88. The molecule has 0 saturated carbocycles. The van der Waals surface area contributed by atoms with E-state index in [2.05, 4.69) is 0 Å². The molecule has 0 radical (unpaired) electrons. The van der Waals surface area contributed by atoms with Crippen molar-refractivity contribution in [2.45, 2.75) is 64.6 Å². The number of ether oxygens (including phenoxy) is 2.